The van der Waals surface area contributed by atoms with Crippen LogP contribution in [0.25, 0.3) is 10.2 Å². The molecule has 1 aliphatic rings. The molecule has 0 radical (unpaired) electrons. The summed E-state index contributed by atoms with van der Waals surface area (Å²) in [5, 5.41) is 12.1. The van der Waals surface area contributed by atoms with E-state index in [1.54, 1.807) is 25.3 Å². The minimum atomic E-state index is -0.551. The summed E-state index contributed by atoms with van der Waals surface area (Å²) in [6.07, 6.45) is 2.59. The second kappa shape index (κ2) is 7.79. The number of nitrogens with zero attached hydrogens (tertiary/aromatic N) is 4. The van der Waals surface area contributed by atoms with Crippen molar-refractivity contribution in [2.24, 2.45) is 5.73 Å². The lowest BCUT2D eigenvalue weighted by molar-refractivity contribution is -0.385. The van der Waals surface area contributed by atoms with Crippen molar-refractivity contribution >= 4 is 50.2 Å². The number of nitrogen functional groups attached to an aromatic ring is 1. The molecule has 1 saturated heterocycles. The first-order chi connectivity index (χ1) is 14.4. The van der Waals surface area contributed by atoms with Gasteiger partial charge in [-0.3, -0.25) is 14.9 Å². The highest BCUT2D eigenvalue weighted by molar-refractivity contribution is 7.21. The molecule has 1 amide bonds. The summed E-state index contributed by atoms with van der Waals surface area (Å²) in [5.41, 5.74) is 14.6. The molecule has 3 heterocycles. The fourth-order valence-corrected chi connectivity index (χ4v) is 4.82. The molecule has 0 aliphatic carbocycles. The number of aromatic nitrogens is 1. The van der Waals surface area contributed by atoms with Gasteiger partial charge in [0.1, 0.15) is 9.71 Å². The van der Waals surface area contributed by atoms with Crippen molar-refractivity contribution in [3.05, 3.63) is 51.0 Å². The molecule has 1 aliphatic heterocycles. The monoisotopic (exact) mass is 426 g/mol. The third kappa shape index (κ3) is 3.50. The summed E-state index contributed by atoms with van der Waals surface area (Å²) in [5.74, 6) is -0.551. The largest absolute Gasteiger partial charge is 0.397 e. The third-order valence-electron chi connectivity index (χ3n) is 5.42. The van der Waals surface area contributed by atoms with Crippen molar-refractivity contribution in [2.45, 2.75) is 13.3 Å². The molecule has 1 aromatic carbocycles. The first-order valence-electron chi connectivity index (χ1n) is 9.58. The maximum Gasteiger partial charge on any atom is 0.274 e. The van der Waals surface area contributed by atoms with E-state index < -0.39 is 5.91 Å². The zero-order valence-electron chi connectivity index (χ0n) is 16.5. The average Bonchev–Trinajstić information content (AvgIpc) is 2.89. The molecule has 0 bridgehead atoms. The molecule has 10 heteroatoms. The standard InChI is InChI=1S/C20H22N6O3S/c1-12-3-4-13(11-15(12)26(28)29)24-7-2-8-25(10-9-24)14-5-6-23-20-16(14)17(21)18(30-20)19(22)27/h3-6,11H,2,7-10,21H2,1H3,(H2,22,27). The van der Waals surface area contributed by atoms with E-state index in [0.29, 0.717) is 34.0 Å². The maximum absolute atomic E-state index is 11.7. The van der Waals surface area contributed by atoms with Gasteiger partial charge >= 0.3 is 0 Å². The molecule has 1 fully saturated rings. The van der Waals surface area contributed by atoms with E-state index in [1.165, 1.54) is 11.3 Å². The minimum Gasteiger partial charge on any atom is -0.397 e. The summed E-state index contributed by atoms with van der Waals surface area (Å²) in [6, 6.07) is 7.27. The Balaban J connectivity index is 1.62. The van der Waals surface area contributed by atoms with Crippen LogP contribution in [0, 0.1) is 17.0 Å². The smallest absolute Gasteiger partial charge is 0.274 e. The third-order valence-corrected chi connectivity index (χ3v) is 6.55. The van der Waals surface area contributed by atoms with Gasteiger partial charge in [0.25, 0.3) is 11.6 Å². The summed E-state index contributed by atoms with van der Waals surface area (Å²) in [7, 11) is 0. The van der Waals surface area contributed by atoms with Crippen LogP contribution in [0.1, 0.15) is 21.7 Å². The number of thiophene rings is 1. The molecule has 2 aromatic heterocycles. The lowest BCUT2D eigenvalue weighted by atomic mass is 10.1. The predicted octanol–water partition coefficient (Wildman–Crippen LogP) is 2.91. The molecule has 9 nitrogen and oxygen atoms in total. The van der Waals surface area contributed by atoms with E-state index in [1.807, 2.05) is 12.1 Å². The predicted molar refractivity (Wildman–Crippen MR) is 119 cm³/mol. The Morgan fingerprint density at radius 3 is 2.67 bits per heavy atom. The van der Waals surface area contributed by atoms with Crippen LogP contribution in [-0.4, -0.2) is 42.0 Å². The highest BCUT2D eigenvalue weighted by atomic mass is 32.1. The Morgan fingerprint density at radius 1 is 1.20 bits per heavy atom. The van der Waals surface area contributed by atoms with Crippen LogP contribution in [0.4, 0.5) is 22.7 Å². The Morgan fingerprint density at radius 2 is 1.93 bits per heavy atom. The number of benzene rings is 1. The van der Waals surface area contributed by atoms with Gasteiger partial charge in [-0.2, -0.15) is 0 Å². The fraction of sp³-hybridized carbons (Fsp3) is 0.300. The van der Waals surface area contributed by atoms with Crippen molar-refractivity contribution in [1.82, 2.24) is 4.98 Å². The zero-order chi connectivity index (χ0) is 21.4. The number of primary amides is 1. The van der Waals surface area contributed by atoms with Gasteiger partial charge in [0.05, 0.1) is 21.7 Å². The lowest BCUT2D eigenvalue weighted by Crippen LogP contribution is -2.30. The Bertz CT molecular complexity index is 1150. The minimum absolute atomic E-state index is 0.134. The quantitative estimate of drug-likeness (QED) is 0.484. The topological polar surface area (TPSA) is 132 Å². The van der Waals surface area contributed by atoms with Crippen LogP contribution in [0.15, 0.2) is 30.5 Å². The van der Waals surface area contributed by atoms with Crippen molar-refractivity contribution < 1.29 is 9.72 Å². The molecule has 30 heavy (non-hydrogen) atoms. The number of amides is 1. The highest BCUT2D eigenvalue weighted by Gasteiger charge is 2.23. The summed E-state index contributed by atoms with van der Waals surface area (Å²) >= 11 is 1.21. The van der Waals surface area contributed by atoms with Crippen LogP contribution in [0.5, 0.6) is 0 Å². The van der Waals surface area contributed by atoms with Crippen LogP contribution >= 0.6 is 11.3 Å². The maximum atomic E-state index is 11.7. The van der Waals surface area contributed by atoms with E-state index in [-0.39, 0.29) is 10.6 Å². The number of pyridine rings is 1. The number of nitrogens with two attached hydrogens (primary N) is 2. The van der Waals surface area contributed by atoms with Crippen molar-refractivity contribution in [1.29, 1.82) is 0 Å². The molecule has 0 atom stereocenters. The highest BCUT2D eigenvalue weighted by Crippen LogP contribution is 2.38. The number of carbonyl (C=O) groups is 1. The summed E-state index contributed by atoms with van der Waals surface area (Å²) in [4.78, 5) is 32.4. The van der Waals surface area contributed by atoms with E-state index in [0.717, 1.165) is 36.3 Å². The van der Waals surface area contributed by atoms with Crippen molar-refractivity contribution in [3.63, 3.8) is 0 Å². The van der Waals surface area contributed by atoms with Crippen LogP contribution < -0.4 is 21.3 Å². The van der Waals surface area contributed by atoms with E-state index in [9.17, 15) is 14.9 Å². The number of rotatable bonds is 4. The second-order valence-electron chi connectivity index (χ2n) is 7.27. The van der Waals surface area contributed by atoms with Crippen LogP contribution in [0.3, 0.4) is 0 Å². The van der Waals surface area contributed by atoms with Crippen molar-refractivity contribution in [3.8, 4) is 0 Å². The van der Waals surface area contributed by atoms with E-state index in [2.05, 4.69) is 14.8 Å². The van der Waals surface area contributed by atoms with Gasteiger partial charge in [-0.25, -0.2) is 4.98 Å². The fourth-order valence-electron chi connectivity index (χ4n) is 3.88. The summed E-state index contributed by atoms with van der Waals surface area (Å²) < 4.78 is 0. The average molecular weight is 427 g/mol. The molecule has 0 saturated carbocycles. The number of hydrogen-bond donors (Lipinski definition) is 2. The second-order valence-corrected chi connectivity index (χ2v) is 8.27. The van der Waals surface area contributed by atoms with Gasteiger partial charge in [0.15, 0.2) is 0 Å². The van der Waals surface area contributed by atoms with Gasteiger partial charge < -0.3 is 21.3 Å². The molecular weight excluding hydrogens is 404 g/mol. The van der Waals surface area contributed by atoms with Gasteiger partial charge in [-0.05, 0) is 25.5 Å². The normalized spacial score (nSPS) is 14.7. The zero-order valence-corrected chi connectivity index (χ0v) is 17.3. The summed E-state index contributed by atoms with van der Waals surface area (Å²) in [6.45, 7) is 4.74. The van der Waals surface area contributed by atoms with Crippen molar-refractivity contribution in [2.75, 3.05) is 41.7 Å². The van der Waals surface area contributed by atoms with Crippen LogP contribution in [0.2, 0.25) is 0 Å². The number of nitro benzene ring substituents is 1. The number of carbonyl (C=O) groups excluding carboxylic acids is 1. The number of hydrogen-bond acceptors (Lipinski definition) is 8. The number of fused-ring (bicyclic) bond motifs is 1. The van der Waals surface area contributed by atoms with Gasteiger partial charge in [0, 0.05) is 49.7 Å². The molecule has 4 rings (SSSR count). The van der Waals surface area contributed by atoms with E-state index >= 15 is 0 Å². The lowest BCUT2D eigenvalue weighted by Gasteiger charge is -2.25. The Labute approximate surface area is 177 Å². The van der Waals surface area contributed by atoms with Gasteiger partial charge in [0.2, 0.25) is 0 Å². The molecule has 0 spiro atoms. The SMILES string of the molecule is Cc1ccc(N2CCCN(c3ccnc4sc(C(N)=O)c(N)c34)CC2)cc1[N+](=O)[O-]. The van der Waals surface area contributed by atoms with Crippen LogP contribution in [-0.2, 0) is 0 Å². The Hall–Kier alpha value is -3.40. The first kappa shape index (κ1) is 19.9. The molecule has 0 unspecified atom stereocenters. The molecule has 156 valence electrons. The van der Waals surface area contributed by atoms with Gasteiger partial charge in [-0.15, -0.1) is 11.3 Å². The Kier molecular flexibility index (Phi) is 5.17. The molecule has 4 N–H and O–H groups in total. The number of anilines is 3. The molecule has 3 aromatic rings. The number of nitro groups is 1. The van der Waals surface area contributed by atoms with E-state index in [4.69, 9.17) is 11.5 Å². The molecular formula is C20H22N6O3S. The number of aryl methyl sites for hydroxylation is 1. The first-order valence-corrected chi connectivity index (χ1v) is 10.4. The van der Waals surface area contributed by atoms with Gasteiger partial charge in [-0.1, -0.05) is 6.07 Å².